The highest BCUT2D eigenvalue weighted by Crippen LogP contribution is 2.26. The Morgan fingerprint density at radius 3 is 1.72 bits per heavy atom. The van der Waals surface area contributed by atoms with E-state index in [0.29, 0.717) is 0 Å². The van der Waals surface area contributed by atoms with Gasteiger partial charge in [0.25, 0.3) is 0 Å². The number of furan rings is 3. The quantitative estimate of drug-likeness (QED) is 0.678. The van der Waals surface area contributed by atoms with Crippen LogP contribution in [0.2, 0.25) is 0 Å². The van der Waals surface area contributed by atoms with E-state index < -0.39 is 0 Å². The predicted octanol–water partition coefficient (Wildman–Crippen LogP) is 4.03. The molecule has 0 fully saturated rings. The third-order valence-corrected chi connectivity index (χ3v) is 3.00. The van der Waals surface area contributed by atoms with Crippen molar-refractivity contribution in [2.45, 2.75) is 18.8 Å². The fraction of sp³-hybridized carbons (Fsp3) is 0.200. The standard InChI is InChI=1S/C15H14O3/c1-4-13(16-7-1)10-12(15-6-3-9-18-15)11-14-5-2-8-17-14/h1-9,12H,10-11H2. The maximum atomic E-state index is 5.51. The summed E-state index contributed by atoms with van der Waals surface area (Å²) in [4.78, 5) is 0. The van der Waals surface area contributed by atoms with Gasteiger partial charge in [0.2, 0.25) is 0 Å². The van der Waals surface area contributed by atoms with E-state index in [1.54, 1.807) is 18.8 Å². The summed E-state index contributed by atoms with van der Waals surface area (Å²) >= 11 is 0. The summed E-state index contributed by atoms with van der Waals surface area (Å²) in [5, 5.41) is 0. The molecule has 0 aromatic carbocycles. The average molecular weight is 242 g/mol. The zero-order valence-corrected chi connectivity index (χ0v) is 9.91. The molecule has 3 heteroatoms. The van der Waals surface area contributed by atoms with Gasteiger partial charge in [0.15, 0.2) is 0 Å². The van der Waals surface area contributed by atoms with E-state index in [1.165, 1.54) is 0 Å². The van der Waals surface area contributed by atoms with E-state index in [0.717, 1.165) is 30.1 Å². The van der Waals surface area contributed by atoms with Crippen molar-refractivity contribution >= 4 is 0 Å². The van der Waals surface area contributed by atoms with Crippen LogP contribution in [0.15, 0.2) is 68.4 Å². The molecule has 3 aromatic heterocycles. The minimum absolute atomic E-state index is 0.234. The van der Waals surface area contributed by atoms with Crippen LogP contribution < -0.4 is 0 Å². The van der Waals surface area contributed by atoms with Crippen molar-refractivity contribution in [2.75, 3.05) is 0 Å². The first kappa shape index (κ1) is 11.0. The summed E-state index contributed by atoms with van der Waals surface area (Å²) in [7, 11) is 0. The molecule has 3 aromatic rings. The van der Waals surface area contributed by atoms with Gasteiger partial charge in [-0.15, -0.1) is 0 Å². The van der Waals surface area contributed by atoms with Crippen molar-refractivity contribution in [1.82, 2.24) is 0 Å². The van der Waals surface area contributed by atoms with Gasteiger partial charge in [0, 0.05) is 18.8 Å². The van der Waals surface area contributed by atoms with E-state index in [4.69, 9.17) is 13.3 Å². The first-order chi connectivity index (χ1) is 8.92. The molecule has 92 valence electrons. The van der Waals surface area contributed by atoms with Crippen molar-refractivity contribution in [2.24, 2.45) is 0 Å². The van der Waals surface area contributed by atoms with Crippen molar-refractivity contribution in [3.05, 3.63) is 72.5 Å². The molecule has 0 unspecified atom stereocenters. The Hall–Kier alpha value is -2.16. The van der Waals surface area contributed by atoms with Gasteiger partial charge in [-0.05, 0) is 36.4 Å². The van der Waals surface area contributed by atoms with Crippen molar-refractivity contribution in [1.29, 1.82) is 0 Å². The lowest BCUT2D eigenvalue weighted by Gasteiger charge is -2.11. The van der Waals surface area contributed by atoms with Gasteiger partial charge >= 0.3 is 0 Å². The molecular formula is C15H14O3. The lowest BCUT2D eigenvalue weighted by molar-refractivity contribution is 0.403. The Morgan fingerprint density at radius 2 is 1.28 bits per heavy atom. The number of hydrogen-bond acceptors (Lipinski definition) is 3. The molecule has 0 N–H and O–H groups in total. The molecule has 0 aliphatic heterocycles. The molecule has 0 amide bonds. The van der Waals surface area contributed by atoms with E-state index in [2.05, 4.69) is 0 Å². The normalized spacial score (nSPS) is 11.2. The Bertz CT molecular complexity index is 511. The third kappa shape index (κ3) is 2.40. The van der Waals surface area contributed by atoms with Crippen molar-refractivity contribution < 1.29 is 13.3 Å². The summed E-state index contributed by atoms with van der Waals surface area (Å²) < 4.78 is 16.3. The molecule has 3 nitrogen and oxygen atoms in total. The minimum Gasteiger partial charge on any atom is -0.469 e. The monoisotopic (exact) mass is 242 g/mol. The van der Waals surface area contributed by atoms with E-state index in [-0.39, 0.29) is 5.92 Å². The molecule has 0 saturated heterocycles. The van der Waals surface area contributed by atoms with Gasteiger partial charge < -0.3 is 13.3 Å². The number of rotatable bonds is 5. The SMILES string of the molecule is c1coc(CC(Cc2ccco2)c2ccco2)c1. The summed E-state index contributed by atoms with van der Waals surface area (Å²) in [6.45, 7) is 0. The van der Waals surface area contributed by atoms with Crippen molar-refractivity contribution in [3.63, 3.8) is 0 Å². The maximum Gasteiger partial charge on any atom is 0.107 e. The molecule has 0 spiro atoms. The minimum atomic E-state index is 0.234. The second-order valence-corrected chi connectivity index (χ2v) is 4.28. The molecular weight excluding hydrogens is 228 g/mol. The van der Waals surface area contributed by atoms with Gasteiger partial charge in [-0.3, -0.25) is 0 Å². The molecule has 0 radical (unpaired) electrons. The zero-order valence-electron chi connectivity index (χ0n) is 9.91. The third-order valence-electron chi connectivity index (χ3n) is 3.00. The highest BCUT2D eigenvalue weighted by atomic mass is 16.3. The van der Waals surface area contributed by atoms with E-state index in [9.17, 15) is 0 Å². The van der Waals surface area contributed by atoms with Crippen LogP contribution in [0.25, 0.3) is 0 Å². The van der Waals surface area contributed by atoms with Gasteiger partial charge in [-0.2, -0.15) is 0 Å². The van der Waals surface area contributed by atoms with Crippen LogP contribution in [-0.4, -0.2) is 0 Å². The predicted molar refractivity (Wildman–Crippen MR) is 66.3 cm³/mol. The highest BCUT2D eigenvalue weighted by Gasteiger charge is 2.18. The largest absolute Gasteiger partial charge is 0.469 e. The molecule has 3 heterocycles. The topological polar surface area (TPSA) is 39.4 Å². The lowest BCUT2D eigenvalue weighted by atomic mass is 9.96. The molecule has 3 rings (SSSR count). The fourth-order valence-electron chi connectivity index (χ4n) is 2.14. The van der Waals surface area contributed by atoms with Crippen LogP contribution in [0.1, 0.15) is 23.2 Å². The Morgan fingerprint density at radius 1 is 0.722 bits per heavy atom. The summed E-state index contributed by atoms with van der Waals surface area (Å²) in [6, 6.07) is 11.7. The second kappa shape index (κ2) is 5.00. The van der Waals surface area contributed by atoms with Gasteiger partial charge in [0.1, 0.15) is 17.3 Å². The van der Waals surface area contributed by atoms with Crippen LogP contribution in [-0.2, 0) is 12.8 Å². The van der Waals surface area contributed by atoms with E-state index in [1.807, 2.05) is 36.4 Å². The Labute approximate surface area is 105 Å². The lowest BCUT2D eigenvalue weighted by Crippen LogP contribution is -2.04. The molecule has 0 bridgehead atoms. The molecule has 18 heavy (non-hydrogen) atoms. The van der Waals surface area contributed by atoms with E-state index >= 15 is 0 Å². The van der Waals surface area contributed by atoms with Crippen LogP contribution in [0.4, 0.5) is 0 Å². The van der Waals surface area contributed by atoms with Crippen LogP contribution in [0, 0.1) is 0 Å². The molecule has 0 aliphatic rings. The molecule has 0 saturated carbocycles. The fourth-order valence-corrected chi connectivity index (χ4v) is 2.14. The summed E-state index contributed by atoms with van der Waals surface area (Å²) in [5.74, 6) is 3.12. The molecule has 0 aliphatic carbocycles. The Kier molecular flexibility index (Phi) is 3.05. The first-order valence-corrected chi connectivity index (χ1v) is 6.00. The summed E-state index contributed by atoms with van der Waals surface area (Å²) in [5.41, 5.74) is 0. The number of hydrogen-bond donors (Lipinski definition) is 0. The molecule has 0 atom stereocenters. The highest BCUT2D eigenvalue weighted by molar-refractivity contribution is 5.14. The van der Waals surface area contributed by atoms with Crippen LogP contribution in [0.5, 0.6) is 0 Å². The maximum absolute atomic E-state index is 5.51. The van der Waals surface area contributed by atoms with Gasteiger partial charge in [-0.25, -0.2) is 0 Å². The van der Waals surface area contributed by atoms with Crippen LogP contribution in [0.3, 0.4) is 0 Å². The summed E-state index contributed by atoms with van der Waals surface area (Å²) in [6.07, 6.45) is 6.71. The Balaban J connectivity index is 1.80. The van der Waals surface area contributed by atoms with Crippen molar-refractivity contribution in [3.8, 4) is 0 Å². The smallest absolute Gasteiger partial charge is 0.107 e. The van der Waals surface area contributed by atoms with Crippen LogP contribution >= 0.6 is 0 Å². The van der Waals surface area contributed by atoms with Gasteiger partial charge in [-0.1, -0.05) is 0 Å². The average Bonchev–Trinajstić information content (AvgIpc) is 3.13. The second-order valence-electron chi connectivity index (χ2n) is 4.28. The first-order valence-electron chi connectivity index (χ1n) is 6.00. The zero-order chi connectivity index (χ0) is 12.2. The van der Waals surface area contributed by atoms with Gasteiger partial charge in [0.05, 0.1) is 18.8 Å².